The van der Waals surface area contributed by atoms with E-state index in [9.17, 15) is 4.79 Å². The number of halogens is 2. The molecule has 0 aliphatic heterocycles. The number of benzene rings is 1. The number of aromatic carboxylic acids is 1. The molecular formula is C12H7Br2NO3. The Kier molecular flexibility index (Phi) is 3.98. The molecule has 0 bridgehead atoms. The third-order valence-electron chi connectivity index (χ3n) is 2.05. The number of aromatic nitrogens is 1. The summed E-state index contributed by atoms with van der Waals surface area (Å²) in [6.45, 7) is 0. The lowest BCUT2D eigenvalue weighted by molar-refractivity contribution is 0.0689. The lowest BCUT2D eigenvalue weighted by Gasteiger charge is -2.07. The Morgan fingerprint density at radius 3 is 2.67 bits per heavy atom. The van der Waals surface area contributed by atoms with Gasteiger partial charge >= 0.3 is 5.97 Å². The lowest BCUT2D eigenvalue weighted by Crippen LogP contribution is -2.00. The molecule has 0 saturated heterocycles. The number of carboxylic acid groups (broad SMARTS) is 1. The molecular weight excluding hydrogens is 366 g/mol. The van der Waals surface area contributed by atoms with Crippen LogP contribution in [0.15, 0.2) is 45.3 Å². The largest absolute Gasteiger partial charge is 0.477 e. The Morgan fingerprint density at radius 1 is 1.22 bits per heavy atom. The van der Waals surface area contributed by atoms with Crippen LogP contribution in [0.4, 0.5) is 0 Å². The van der Waals surface area contributed by atoms with Gasteiger partial charge in [-0.25, -0.2) is 9.78 Å². The van der Waals surface area contributed by atoms with E-state index in [4.69, 9.17) is 9.84 Å². The number of nitrogens with zero attached hydrogens (tertiary/aromatic N) is 1. The van der Waals surface area contributed by atoms with Gasteiger partial charge in [0.1, 0.15) is 5.75 Å². The first-order valence-electron chi connectivity index (χ1n) is 4.89. The highest BCUT2D eigenvalue weighted by molar-refractivity contribution is 9.11. The number of hydrogen-bond donors (Lipinski definition) is 1. The lowest BCUT2D eigenvalue weighted by atomic mass is 10.3. The van der Waals surface area contributed by atoms with E-state index >= 15 is 0 Å². The van der Waals surface area contributed by atoms with Gasteiger partial charge in [-0.1, -0.05) is 22.0 Å². The predicted molar refractivity (Wildman–Crippen MR) is 73.1 cm³/mol. The highest BCUT2D eigenvalue weighted by Crippen LogP contribution is 2.31. The average Bonchev–Trinajstić information content (AvgIpc) is 2.33. The second-order valence-corrected chi connectivity index (χ2v) is 5.11. The van der Waals surface area contributed by atoms with Crippen LogP contribution in [-0.4, -0.2) is 16.1 Å². The Bertz CT molecular complexity index is 602. The van der Waals surface area contributed by atoms with Gasteiger partial charge in [0.05, 0.1) is 4.47 Å². The van der Waals surface area contributed by atoms with E-state index in [2.05, 4.69) is 36.8 Å². The van der Waals surface area contributed by atoms with Crippen molar-refractivity contribution in [3.8, 4) is 11.6 Å². The molecule has 1 N–H and O–H groups in total. The molecule has 0 aliphatic carbocycles. The van der Waals surface area contributed by atoms with Crippen molar-refractivity contribution in [2.75, 3.05) is 0 Å². The molecule has 4 nitrogen and oxygen atoms in total. The molecule has 0 saturated carbocycles. The van der Waals surface area contributed by atoms with E-state index < -0.39 is 5.97 Å². The van der Waals surface area contributed by atoms with Crippen LogP contribution in [0.1, 0.15) is 10.5 Å². The van der Waals surface area contributed by atoms with Gasteiger partial charge in [0, 0.05) is 10.5 Å². The number of carboxylic acids is 1. The summed E-state index contributed by atoms with van der Waals surface area (Å²) < 4.78 is 7.17. The number of ether oxygens (including phenoxy) is 1. The highest BCUT2D eigenvalue weighted by Gasteiger charge is 2.08. The number of pyridine rings is 1. The number of hydrogen-bond acceptors (Lipinski definition) is 3. The van der Waals surface area contributed by atoms with Crippen LogP contribution in [0.3, 0.4) is 0 Å². The van der Waals surface area contributed by atoms with Gasteiger partial charge in [0.25, 0.3) is 0 Å². The summed E-state index contributed by atoms with van der Waals surface area (Å²) in [5, 5.41) is 8.83. The zero-order valence-corrected chi connectivity index (χ0v) is 12.1. The van der Waals surface area contributed by atoms with Gasteiger partial charge in [-0.15, -0.1) is 0 Å². The minimum Gasteiger partial charge on any atom is -0.477 e. The maximum Gasteiger partial charge on any atom is 0.354 e. The molecule has 6 heteroatoms. The topological polar surface area (TPSA) is 59.4 Å². The van der Waals surface area contributed by atoms with Crippen LogP contribution in [0.2, 0.25) is 0 Å². The molecule has 0 amide bonds. The fourth-order valence-corrected chi connectivity index (χ4v) is 2.39. The summed E-state index contributed by atoms with van der Waals surface area (Å²) in [6, 6.07) is 9.99. The van der Waals surface area contributed by atoms with Gasteiger partial charge < -0.3 is 9.84 Å². The van der Waals surface area contributed by atoms with Crippen LogP contribution in [0.5, 0.6) is 11.6 Å². The first-order valence-corrected chi connectivity index (χ1v) is 6.48. The quantitative estimate of drug-likeness (QED) is 0.881. The molecule has 0 aliphatic rings. The molecule has 1 aromatic carbocycles. The maximum absolute atomic E-state index is 10.8. The van der Waals surface area contributed by atoms with Crippen molar-refractivity contribution in [3.05, 3.63) is 51.0 Å². The van der Waals surface area contributed by atoms with Crippen LogP contribution in [0, 0.1) is 0 Å². The maximum atomic E-state index is 10.8. The van der Waals surface area contributed by atoms with Crippen LogP contribution >= 0.6 is 31.9 Å². The van der Waals surface area contributed by atoms with Crippen molar-refractivity contribution >= 4 is 37.8 Å². The zero-order chi connectivity index (χ0) is 13.1. The van der Waals surface area contributed by atoms with Crippen LogP contribution in [-0.2, 0) is 0 Å². The minimum absolute atomic E-state index is 0.0549. The van der Waals surface area contributed by atoms with E-state index in [1.165, 1.54) is 6.07 Å². The summed E-state index contributed by atoms with van der Waals surface area (Å²) in [7, 11) is 0. The van der Waals surface area contributed by atoms with Gasteiger partial charge in [0.2, 0.25) is 5.88 Å². The third-order valence-corrected chi connectivity index (χ3v) is 3.16. The van der Waals surface area contributed by atoms with Crippen molar-refractivity contribution < 1.29 is 14.6 Å². The normalized spacial score (nSPS) is 10.1. The minimum atomic E-state index is -1.09. The summed E-state index contributed by atoms with van der Waals surface area (Å²) in [4.78, 5) is 14.7. The van der Waals surface area contributed by atoms with E-state index in [0.717, 1.165) is 8.95 Å². The Balaban J connectivity index is 2.28. The first kappa shape index (κ1) is 13.0. The van der Waals surface area contributed by atoms with E-state index in [0.29, 0.717) is 5.75 Å². The van der Waals surface area contributed by atoms with Crippen LogP contribution < -0.4 is 4.74 Å². The molecule has 18 heavy (non-hydrogen) atoms. The van der Waals surface area contributed by atoms with Gasteiger partial charge in [-0.3, -0.25) is 0 Å². The summed E-state index contributed by atoms with van der Waals surface area (Å²) in [5.41, 5.74) is -0.0549. The van der Waals surface area contributed by atoms with Gasteiger partial charge in [-0.2, -0.15) is 0 Å². The molecule has 1 heterocycles. The number of carbonyl (C=O) groups is 1. The fourth-order valence-electron chi connectivity index (χ4n) is 1.26. The monoisotopic (exact) mass is 371 g/mol. The van der Waals surface area contributed by atoms with Crippen molar-refractivity contribution in [2.45, 2.75) is 0 Å². The third kappa shape index (κ3) is 3.08. The Morgan fingerprint density at radius 2 is 2.00 bits per heavy atom. The second kappa shape index (κ2) is 5.49. The molecule has 1 aromatic heterocycles. The molecule has 92 valence electrons. The Hall–Kier alpha value is -1.40. The van der Waals surface area contributed by atoms with E-state index in [1.807, 2.05) is 12.1 Å². The van der Waals surface area contributed by atoms with Crippen molar-refractivity contribution in [2.24, 2.45) is 0 Å². The molecule has 0 radical (unpaired) electrons. The second-order valence-electron chi connectivity index (χ2n) is 3.34. The average molecular weight is 373 g/mol. The van der Waals surface area contributed by atoms with E-state index in [1.54, 1.807) is 18.2 Å². The predicted octanol–water partition coefficient (Wildman–Crippen LogP) is 4.10. The molecule has 2 rings (SSSR count). The highest BCUT2D eigenvalue weighted by atomic mass is 79.9. The molecule has 0 atom stereocenters. The van der Waals surface area contributed by atoms with Gasteiger partial charge in [0.15, 0.2) is 5.69 Å². The smallest absolute Gasteiger partial charge is 0.354 e. The summed E-state index contributed by atoms with van der Waals surface area (Å²) in [6.07, 6.45) is 0. The standard InChI is InChI=1S/C12H7Br2NO3/c13-7-4-5-10(8(14)6-7)18-11-3-1-2-9(15-11)12(16)17/h1-6H,(H,16,17). The van der Waals surface area contributed by atoms with Crippen molar-refractivity contribution in [1.29, 1.82) is 0 Å². The molecule has 0 unspecified atom stereocenters. The Labute approximate surface area is 120 Å². The zero-order valence-electron chi connectivity index (χ0n) is 8.93. The van der Waals surface area contributed by atoms with Gasteiger partial charge in [-0.05, 0) is 40.2 Å². The fraction of sp³-hybridized carbons (Fsp3) is 0. The van der Waals surface area contributed by atoms with Crippen molar-refractivity contribution in [1.82, 2.24) is 4.98 Å². The SMILES string of the molecule is O=C(O)c1cccc(Oc2ccc(Br)cc2Br)n1. The number of rotatable bonds is 3. The molecule has 0 fully saturated rings. The summed E-state index contributed by atoms with van der Waals surface area (Å²) in [5.74, 6) is -0.290. The molecule has 0 spiro atoms. The van der Waals surface area contributed by atoms with Crippen molar-refractivity contribution in [3.63, 3.8) is 0 Å². The molecule has 2 aromatic rings. The van der Waals surface area contributed by atoms with E-state index in [-0.39, 0.29) is 11.6 Å². The first-order chi connectivity index (χ1) is 8.56. The van der Waals surface area contributed by atoms with Crippen LogP contribution in [0.25, 0.3) is 0 Å². The summed E-state index contributed by atoms with van der Waals surface area (Å²) >= 11 is 6.69.